The molecule has 1 fully saturated rings. The van der Waals surface area contributed by atoms with Gasteiger partial charge in [-0.1, -0.05) is 46.3 Å². The van der Waals surface area contributed by atoms with Crippen molar-refractivity contribution in [2.24, 2.45) is 0 Å². The fourth-order valence-corrected chi connectivity index (χ4v) is 3.50. The van der Waals surface area contributed by atoms with Crippen LogP contribution >= 0.6 is 27.7 Å². The van der Waals surface area contributed by atoms with E-state index >= 15 is 0 Å². The smallest absolute Gasteiger partial charge is 0.230 e. The third-order valence-electron chi connectivity index (χ3n) is 4.05. The van der Waals surface area contributed by atoms with Gasteiger partial charge in [0, 0.05) is 21.3 Å². The number of halogens is 1. The van der Waals surface area contributed by atoms with Crippen LogP contribution in [-0.2, 0) is 10.2 Å². The summed E-state index contributed by atoms with van der Waals surface area (Å²) in [7, 11) is 0. The lowest BCUT2D eigenvalue weighted by Gasteiger charge is -2.16. The molecule has 0 atom stereocenters. The Morgan fingerprint density at radius 2 is 1.77 bits per heavy atom. The van der Waals surface area contributed by atoms with Crippen molar-refractivity contribution in [2.45, 2.75) is 23.2 Å². The minimum Gasteiger partial charge on any atom is -0.354 e. The highest BCUT2D eigenvalue weighted by atomic mass is 79.9. The number of hydrogen-bond donors (Lipinski definition) is 1. The molecule has 0 heterocycles. The first-order valence-corrected chi connectivity index (χ1v) is 9.16. The predicted molar refractivity (Wildman–Crippen MR) is 95.2 cm³/mol. The molecule has 1 aliphatic carbocycles. The molecule has 0 saturated heterocycles. The van der Waals surface area contributed by atoms with Gasteiger partial charge in [0.1, 0.15) is 0 Å². The molecule has 1 amide bonds. The summed E-state index contributed by atoms with van der Waals surface area (Å²) in [4.78, 5) is 13.2. The first kappa shape index (κ1) is 15.6. The number of hydrogen-bond acceptors (Lipinski definition) is 2. The number of carbonyl (C=O) groups is 1. The quantitative estimate of drug-likeness (QED) is 0.758. The van der Waals surface area contributed by atoms with E-state index < -0.39 is 0 Å². The molecule has 2 aromatic rings. The molecule has 0 radical (unpaired) electrons. The van der Waals surface area contributed by atoms with Crippen LogP contribution in [0.3, 0.4) is 0 Å². The van der Waals surface area contributed by atoms with E-state index in [4.69, 9.17) is 0 Å². The second-order valence-corrected chi connectivity index (χ2v) is 7.63. The van der Waals surface area contributed by atoms with Gasteiger partial charge in [0.25, 0.3) is 0 Å². The second kappa shape index (κ2) is 6.88. The van der Waals surface area contributed by atoms with Gasteiger partial charge >= 0.3 is 0 Å². The number of benzene rings is 2. The molecule has 4 heteroatoms. The standard InChI is InChI=1S/C18H18BrNOS/c19-15-6-8-16(9-7-15)22-12-17(21)20-13-18(10-11-18)14-4-2-1-3-5-14/h1-9H,10-13H2,(H,20,21). The Hall–Kier alpha value is -1.26. The zero-order chi connectivity index (χ0) is 15.4. The van der Waals surface area contributed by atoms with Crippen molar-refractivity contribution >= 4 is 33.6 Å². The van der Waals surface area contributed by atoms with Gasteiger partial charge in [-0.25, -0.2) is 0 Å². The lowest BCUT2D eigenvalue weighted by Crippen LogP contribution is -2.33. The highest BCUT2D eigenvalue weighted by molar-refractivity contribution is 9.10. The average molecular weight is 376 g/mol. The van der Waals surface area contributed by atoms with Crippen molar-refractivity contribution < 1.29 is 4.79 Å². The van der Waals surface area contributed by atoms with Crippen LogP contribution in [0.25, 0.3) is 0 Å². The molecule has 0 aromatic heterocycles. The van der Waals surface area contributed by atoms with Crippen LogP contribution in [0.15, 0.2) is 64.0 Å². The van der Waals surface area contributed by atoms with Gasteiger partial charge in [-0.3, -0.25) is 4.79 Å². The normalized spacial score (nSPS) is 15.3. The average Bonchev–Trinajstić information content (AvgIpc) is 3.34. The zero-order valence-electron chi connectivity index (χ0n) is 12.2. The van der Waals surface area contributed by atoms with Crippen molar-refractivity contribution in [3.8, 4) is 0 Å². The highest BCUT2D eigenvalue weighted by Crippen LogP contribution is 2.47. The van der Waals surface area contributed by atoms with E-state index in [1.165, 1.54) is 5.56 Å². The van der Waals surface area contributed by atoms with E-state index in [-0.39, 0.29) is 11.3 Å². The van der Waals surface area contributed by atoms with E-state index in [2.05, 4.69) is 45.5 Å². The van der Waals surface area contributed by atoms with Crippen LogP contribution in [-0.4, -0.2) is 18.2 Å². The Morgan fingerprint density at radius 1 is 1.09 bits per heavy atom. The van der Waals surface area contributed by atoms with Gasteiger partial charge in [-0.15, -0.1) is 11.8 Å². The lowest BCUT2D eigenvalue weighted by molar-refractivity contribution is -0.118. The summed E-state index contributed by atoms with van der Waals surface area (Å²) in [5.41, 5.74) is 1.52. The van der Waals surface area contributed by atoms with Crippen LogP contribution < -0.4 is 5.32 Å². The van der Waals surface area contributed by atoms with Crippen molar-refractivity contribution in [3.63, 3.8) is 0 Å². The van der Waals surface area contributed by atoms with E-state index in [1.807, 2.05) is 30.3 Å². The van der Waals surface area contributed by atoms with Crippen LogP contribution in [0.4, 0.5) is 0 Å². The molecule has 1 aliphatic rings. The topological polar surface area (TPSA) is 29.1 Å². The first-order valence-electron chi connectivity index (χ1n) is 7.39. The van der Waals surface area contributed by atoms with Gasteiger partial charge in [0.15, 0.2) is 0 Å². The van der Waals surface area contributed by atoms with E-state index in [0.717, 1.165) is 28.8 Å². The second-order valence-electron chi connectivity index (χ2n) is 5.67. The summed E-state index contributed by atoms with van der Waals surface area (Å²) in [6, 6.07) is 18.5. The molecule has 1 N–H and O–H groups in total. The summed E-state index contributed by atoms with van der Waals surface area (Å²) in [6.07, 6.45) is 2.33. The third-order valence-corrected chi connectivity index (χ3v) is 5.59. The lowest BCUT2D eigenvalue weighted by atomic mass is 9.96. The van der Waals surface area contributed by atoms with Gasteiger partial charge in [-0.2, -0.15) is 0 Å². The largest absolute Gasteiger partial charge is 0.354 e. The maximum absolute atomic E-state index is 12.0. The van der Waals surface area contributed by atoms with Gasteiger partial charge < -0.3 is 5.32 Å². The molecule has 1 saturated carbocycles. The van der Waals surface area contributed by atoms with Crippen molar-refractivity contribution in [1.82, 2.24) is 5.32 Å². The summed E-state index contributed by atoms with van der Waals surface area (Å²) >= 11 is 4.98. The monoisotopic (exact) mass is 375 g/mol. The number of nitrogens with one attached hydrogen (secondary N) is 1. The molecule has 2 aromatic carbocycles. The summed E-state index contributed by atoms with van der Waals surface area (Å²) < 4.78 is 1.06. The molecule has 22 heavy (non-hydrogen) atoms. The number of carbonyl (C=O) groups excluding carboxylic acids is 1. The zero-order valence-corrected chi connectivity index (χ0v) is 14.6. The number of rotatable bonds is 6. The van der Waals surface area contributed by atoms with Gasteiger partial charge in [0.05, 0.1) is 5.75 Å². The van der Waals surface area contributed by atoms with Gasteiger partial charge in [0.2, 0.25) is 5.91 Å². The minimum atomic E-state index is 0.107. The molecule has 0 bridgehead atoms. The van der Waals surface area contributed by atoms with Crippen LogP contribution in [0.5, 0.6) is 0 Å². The molecule has 0 unspecified atom stereocenters. The SMILES string of the molecule is O=C(CSc1ccc(Br)cc1)NCC1(c2ccccc2)CC1. The predicted octanol–water partition coefficient (Wildman–Crippen LogP) is 4.39. The number of thioether (sulfide) groups is 1. The number of amides is 1. The van der Waals surface area contributed by atoms with Gasteiger partial charge in [-0.05, 0) is 42.7 Å². The third kappa shape index (κ3) is 3.93. The van der Waals surface area contributed by atoms with E-state index in [1.54, 1.807) is 11.8 Å². The fourth-order valence-electron chi connectivity index (χ4n) is 2.51. The Bertz CT molecular complexity index is 638. The molecular formula is C18H18BrNOS. The molecule has 2 nitrogen and oxygen atoms in total. The maximum Gasteiger partial charge on any atom is 0.230 e. The fraction of sp³-hybridized carbons (Fsp3) is 0.278. The van der Waals surface area contributed by atoms with Crippen LogP contribution in [0, 0.1) is 0 Å². The Labute approximate surface area is 143 Å². The van der Waals surface area contributed by atoms with Crippen molar-refractivity contribution in [3.05, 3.63) is 64.6 Å². The molecule has 3 rings (SSSR count). The Balaban J connectivity index is 1.48. The Morgan fingerprint density at radius 3 is 2.41 bits per heavy atom. The summed E-state index contributed by atoms with van der Waals surface area (Å²) in [5.74, 6) is 0.571. The van der Waals surface area contributed by atoms with E-state index in [0.29, 0.717) is 5.75 Å². The molecule has 114 valence electrons. The van der Waals surface area contributed by atoms with Crippen molar-refractivity contribution in [2.75, 3.05) is 12.3 Å². The summed E-state index contributed by atoms with van der Waals surface area (Å²) in [5, 5.41) is 3.10. The highest BCUT2D eigenvalue weighted by Gasteiger charge is 2.44. The van der Waals surface area contributed by atoms with Crippen LogP contribution in [0.2, 0.25) is 0 Å². The van der Waals surface area contributed by atoms with Crippen molar-refractivity contribution in [1.29, 1.82) is 0 Å². The first-order chi connectivity index (χ1) is 10.7. The maximum atomic E-state index is 12.0. The molecular weight excluding hydrogens is 358 g/mol. The molecule has 0 spiro atoms. The Kier molecular flexibility index (Phi) is 4.89. The summed E-state index contributed by atoms with van der Waals surface area (Å²) in [6.45, 7) is 0.747. The van der Waals surface area contributed by atoms with E-state index in [9.17, 15) is 4.79 Å². The minimum absolute atomic E-state index is 0.107. The van der Waals surface area contributed by atoms with Crippen LogP contribution in [0.1, 0.15) is 18.4 Å². The molecule has 0 aliphatic heterocycles.